The molecule has 80 valence electrons. The maximum atomic E-state index is 2.54. The molecule has 0 saturated heterocycles. The van der Waals surface area contributed by atoms with E-state index >= 15 is 0 Å². The second-order valence-electron chi connectivity index (χ2n) is 7.33. The molecule has 3 fully saturated rings. The Hall–Kier alpha value is 0. The molecule has 0 radical (unpaired) electrons. The molecular weight excluding hydrogens is 168 g/mol. The van der Waals surface area contributed by atoms with E-state index < -0.39 is 0 Å². The minimum absolute atomic E-state index is 0.587. The second kappa shape index (κ2) is 2.39. The first-order valence-corrected chi connectivity index (χ1v) is 6.43. The molecule has 0 spiro atoms. The fourth-order valence-electron chi connectivity index (χ4n) is 5.13. The van der Waals surface area contributed by atoms with Crippen LogP contribution in [0.2, 0.25) is 0 Å². The molecule has 2 bridgehead atoms. The third kappa shape index (κ3) is 0.864. The van der Waals surface area contributed by atoms with E-state index in [9.17, 15) is 0 Å². The van der Waals surface area contributed by atoms with Crippen LogP contribution in [0.4, 0.5) is 0 Å². The van der Waals surface area contributed by atoms with Crippen LogP contribution in [0.1, 0.15) is 53.4 Å². The summed E-state index contributed by atoms with van der Waals surface area (Å²) in [4.78, 5) is 0. The van der Waals surface area contributed by atoms with Gasteiger partial charge in [-0.3, -0.25) is 0 Å². The fourth-order valence-corrected chi connectivity index (χ4v) is 5.13. The predicted molar refractivity (Wildman–Crippen MR) is 60.0 cm³/mol. The van der Waals surface area contributed by atoms with Crippen molar-refractivity contribution >= 4 is 0 Å². The topological polar surface area (TPSA) is 0 Å². The van der Waals surface area contributed by atoms with Crippen molar-refractivity contribution < 1.29 is 0 Å². The Morgan fingerprint density at radius 3 is 2.21 bits per heavy atom. The van der Waals surface area contributed by atoms with Crippen molar-refractivity contribution in [2.24, 2.45) is 34.5 Å². The molecule has 3 saturated carbocycles. The highest BCUT2D eigenvalue weighted by Crippen LogP contribution is 2.70. The van der Waals surface area contributed by atoms with E-state index in [2.05, 4.69) is 27.7 Å². The van der Waals surface area contributed by atoms with E-state index in [1.165, 1.54) is 6.42 Å². The van der Waals surface area contributed by atoms with Crippen molar-refractivity contribution in [1.29, 1.82) is 0 Å². The smallest absolute Gasteiger partial charge is 0.0269 e. The van der Waals surface area contributed by atoms with Crippen LogP contribution in [-0.2, 0) is 0 Å². The first-order valence-electron chi connectivity index (χ1n) is 6.43. The average Bonchev–Trinajstić information content (AvgIpc) is 2.64. The molecular formula is C14H24. The van der Waals surface area contributed by atoms with Crippen LogP contribution in [0.3, 0.4) is 0 Å². The SMILES string of the molecule is CC1(C)CC2C3CCC(C3)C2C1(C)C. The van der Waals surface area contributed by atoms with Crippen LogP contribution < -0.4 is 0 Å². The third-order valence-corrected chi connectivity index (χ3v) is 6.41. The number of fused-ring (bicyclic) bond motifs is 5. The van der Waals surface area contributed by atoms with Gasteiger partial charge >= 0.3 is 0 Å². The van der Waals surface area contributed by atoms with Gasteiger partial charge in [-0.25, -0.2) is 0 Å². The van der Waals surface area contributed by atoms with Gasteiger partial charge < -0.3 is 0 Å². The average molecular weight is 192 g/mol. The highest BCUT2D eigenvalue weighted by atomic mass is 14.7. The van der Waals surface area contributed by atoms with Gasteiger partial charge in [0.25, 0.3) is 0 Å². The Balaban J connectivity index is 2.00. The van der Waals surface area contributed by atoms with E-state index in [4.69, 9.17) is 0 Å². The summed E-state index contributed by atoms with van der Waals surface area (Å²) in [6, 6.07) is 0. The van der Waals surface area contributed by atoms with Crippen molar-refractivity contribution in [2.75, 3.05) is 0 Å². The molecule has 0 nitrogen and oxygen atoms in total. The molecule has 3 aliphatic rings. The number of hydrogen-bond donors (Lipinski definition) is 0. The largest absolute Gasteiger partial charge is 0.0594 e. The molecule has 4 unspecified atom stereocenters. The summed E-state index contributed by atoms with van der Waals surface area (Å²) >= 11 is 0. The highest BCUT2D eigenvalue weighted by Gasteiger charge is 2.62. The molecule has 0 aromatic carbocycles. The van der Waals surface area contributed by atoms with Crippen molar-refractivity contribution in [3.8, 4) is 0 Å². The first kappa shape index (κ1) is 9.24. The minimum Gasteiger partial charge on any atom is -0.0594 e. The summed E-state index contributed by atoms with van der Waals surface area (Å²) in [7, 11) is 0. The molecule has 3 rings (SSSR count). The lowest BCUT2D eigenvalue weighted by Crippen LogP contribution is -2.34. The lowest BCUT2D eigenvalue weighted by molar-refractivity contribution is 0.0724. The third-order valence-electron chi connectivity index (χ3n) is 6.41. The second-order valence-corrected chi connectivity index (χ2v) is 7.33. The summed E-state index contributed by atoms with van der Waals surface area (Å²) in [6.45, 7) is 10.1. The summed E-state index contributed by atoms with van der Waals surface area (Å²) in [6.07, 6.45) is 6.18. The van der Waals surface area contributed by atoms with Crippen molar-refractivity contribution in [3.63, 3.8) is 0 Å². The molecule has 0 heterocycles. The summed E-state index contributed by atoms with van der Waals surface area (Å²) in [5.41, 5.74) is 1.18. The van der Waals surface area contributed by atoms with E-state index in [0.29, 0.717) is 10.8 Å². The van der Waals surface area contributed by atoms with Crippen LogP contribution in [0.5, 0.6) is 0 Å². The Labute approximate surface area is 88.5 Å². The lowest BCUT2D eigenvalue weighted by atomic mass is 9.63. The molecule has 3 aliphatic carbocycles. The van der Waals surface area contributed by atoms with Gasteiger partial charge in [-0.1, -0.05) is 27.7 Å². The maximum Gasteiger partial charge on any atom is -0.0269 e. The van der Waals surface area contributed by atoms with Crippen LogP contribution >= 0.6 is 0 Å². The minimum atomic E-state index is 0.587. The molecule has 0 aromatic heterocycles. The Morgan fingerprint density at radius 1 is 0.929 bits per heavy atom. The fraction of sp³-hybridized carbons (Fsp3) is 1.00. The van der Waals surface area contributed by atoms with Crippen molar-refractivity contribution in [1.82, 2.24) is 0 Å². The van der Waals surface area contributed by atoms with Crippen molar-refractivity contribution in [3.05, 3.63) is 0 Å². The van der Waals surface area contributed by atoms with Gasteiger partial charge in [-0.15, -0.1) is 0 Å². The van der Waals surface area contributed by atoms with Gasteiger partial charge in [0.1, 0.15) is 0 Å². The zero-order chi connectivity index (χ0) is 10.1. The summed E-state index contributed by atoms with van der Waals surface area (Å²) in [5, 5.41) is 0. The van der Waals surface area contributed by atoms with Gasteiger partial charge in [0.2, 0.25) is 0 Å². The standard InChI is InChI=1S/C14H24/c1-13(2)8-11-9-5-6-10(7-9)12(11)14(13,3)4/h9-12H,5-8H2,1-4H3. The molecule has 0 heteroatoms. The molecule has 0 amide bonds. The van der Waals surface area contributed by atoms with Gasteiger partial charge in [-0.05, 0) is 60.2 Å². The zero-order valence-corrected chi connectivity index (χ0v) is 10.1. The lowest BCUT2D eigenvalue weighted by Gasteiger charge is -2.41. The Morgan fingerprint density at radius 2 is 1.57 bits per heavy atom. The van der Waals surface area contributed by atoms with E-state index in [1.54, 1.807) is 19.3 Å². The first-order chi connectivity index (χ1) is 6.43. The van der Waals surface area contributed by atoms with E-state index in [-0.39, 0.29) is 0 Å². The van der Waals surface area contributed by atoms with E-state index in [1.807, 2.05) is 0 Å². The quantitative estimate of drug-likeness (QED) is 0.542. The van der Waals surface area contributed by atoms with Crippen LogP contribution in [-0.4, -0.2) is 0 Å². The van der Waals surface area contributed by atoms with Gasteiger partial charge in [0.15, 0.2) is 0 Å². The molecule has 4 atom stereocenters. The molecule has 0 aromatic rings. The number of hydrogen-bond acceptors (Lipinski definition) is 0. The maximum absolute atomic E-state index is 2.54. The Bertz CT molecular complexity index is 261. The highest BCUT2D eigenvalue weighted by molar-refractivity contribution is 5.11. The predicted octanol–water partition coefficient (Wildman–Crippen LogP) is 4.10. The van der Waals surface area contributed by atoms with Crippen molar-refractivity contribution in [2.45, 2.75) is 53.4 Å². The molecule has 14 heavy (non-hydrogen) atoms. The number of rotatable bonds is 0. The summed E-state index contributed by atoms with van der Waals surface area (Å²) < 4.78 is 0. The van der Waals surface area contributed by atoms with Crippen LogP contribution in [0.15, 0.2) is 0 Å². The van der Waals surface area contributed by atoms with Gasteiger partial charge in [-0.2, -0.15) is 0 Å². The Kier molecular flexibility index (Phi) is 1.58. The molecule has 0 N–H and O–H groups in total. The van der Waals surface area contributed by atoms with Crippen LogP contribution in [0, 0.1) is 34.5 Å². The van der Waals surface area contributed by atoms with Gasteiger partial charge in [0.05, 0.1) is 0 Å². The van der Waals surface area contributed by atoms with Crippen LogP contribution in [0.25, 0.3) is 0 Å². The summed E-state index contributed by atoms with van der Waals surface area (Å²) in [5.74, 6) is 4.38. The van der Waals surface area contributed by atoms with Gasteiger partial charge in [0, 0.05) is 0 Å². The molecule has 0 aliphatic heterocycles. The van der Waals surface area contributed by atoms with E-state index in [0.717, 1.165) is 23.7 Å². The monoisotopic (exact) mass is 192 g/mol. The normalized spacial score (nSPS) is 52.3. The zero-order valence-electron chi connectivity index (χ0n) is 10.1.